The van der Waals surface area contributed by atoms with Crippen LogP contribution in [0, 0.1) is 0 Å². The van der Waals surface area contributed by atoms with Gasteiger partial charge in [0.1, 0.15) is 0 Å². The minimum atomic E-state index is -0.758. The van der Waals surface area contributed by atoms with Crippen molar-refractivity contribution < 1.29 is 15.0 Å². The first kappa shape index (κ1) is 12.5. The van der Waals surface area contributed by atoms with Crippen molar-refractivity contribution in [3.05, 3.63) is 27.5 Å². The van der Waals surface area contributed by atoms with E-state index in [1.807, 2.05) is 0 Å². The number of aliphatic hydroxyl groups excluding tert-OH is 1. The number of amides is 1. The smallest absolute Gasteiger partial charge is 0.275 e. The predicted molar refractivity (Wildman–Crippen MR) is 65.0 cm³/mol. The third kappa shape index (κ3) is 2.20. The summed E-state index contributed by atoms with van der Waals surface area (Å²) in [5, 5.41) is 22.6. The van der Waals surface area contributed by atoms with E-state index in [0.29, 0.717) is 4.96 Å². The third-order valence-corrected chi connectivity index (χ3v) is 2.99. The molecule has 3 N–H and O–H groups in total. The van der Waals surface area contributed by atoms with Crippen LogP contribution in [0.3, 0.4) is 0 Å². The van der Waals surface area contributed by atoms with Crippen molar-refractivity contribution in [2.24, 2.45) is 0 Å². The summed E-state index contributed by atoms with van der Waals surface area (Å²) >= 11 is 1.17. The Bertz CT molecular complexity index is 646. The van der Waals surface area contributed by atoms with Gasteiger partial charge < -0.3 is 15.5 Å². The molecule has 0 fully saturated rings. The number of hydrogen-bond donors (Lipinski definition) is 3. The zero-order valence-corrected chi connectivity index (χ0v) is 10.3. The summed E-state index contributed by atoms with van der Waals surface area (Å²) in [6.07, 6.45) is 0.733. The predicted octanol–water partition coefficient (Wildman–Crippen LogP) is -0.428. The summed E-state index contributed by atoms with van der Waals surface area (Å²) in [6.45, 7) is 1.48. The van der Waals surface area contributed by atoms with Crippen molar-refractivity contribution in [3.63, 3.8) is 0 Å². The summed E-state index contributed by atoms with van der Waals surface area (Å²) < 4.78 is 1.18. The van der Waals surface area contributed by atoms with E-state index < -0.39 is 29.0 Å². The fourth-order valence-electron chi connectivity index (χ4n) is 1.40. The van der Waals surface area contributed by atoms with Gasteiger partial charge in [-0.15, -0.1) is 11.3 Å². The molecule has 0 aliphatic carbocycles. The number of aromatic hydroxyl groups is 1. The van der Waals surface area contributed by atoms with Crippen LogP contribution in [0.1, 0.15) is 17.3 Å². The van der Waals surface area contributed by atoms with Gasteiger partial charge in [-0.2, -0.15) is 4.98 Å². The van der Waals surface area contributed by atoms with Crippen molar-refractivity contribution in [1.29, 1.82) is 0 Å². The van der Waals surface area contributed by atoms with E-state index >= 15 is 0 Å². The van der Waals surface area contributed by atoms with Gasteiger partial charge in [-0.1, -0.05) is 0 Å². The second-order valence-electron chi connectivity index (χ2n) is 3.73. The molecule has 1 atom stereocenters. The minimum Gasteiger partial charge on any atom is -0.492 e. The van der Waals surface area contributed by atoms with Crippen molar-refractivity contribution >= 4 is 22.2 Å². The third-order valence-electron chi connectivity index (χ3n) is 2.23. The summed E-state index contributed by atoms with van der Waals surface area (Å²) in [5.41, 5.74) is -1.06. The van der Waals surface area contributed by atoms with Crippen molar-refractivity contribution in [3.8, 4) is 5.88 Å². The summed E-state index contributed by atoms with van der Waals surface area (Å²) in [5.74, 6) is -1.36. The molecule has 0 spiro atoms. The lowest BCUT2D eigenvalue weighted by Gasteiger charge is -2.07. The molecule has 0 aliphatic heterocycles. The number of aromatic nitrogens is 2. The van der Waals surface area contributed by atoms with Crippen LogP contribution < -0.4 is 10.9 Å². The maximum atomic E-state index is 11.9. The number of carbonyl (C=O) groups is 1. The Balaban J connectivity index is 2.44. The molecule has 2 aromatic rings. The highest BCUT2D eigenvalue weighted by Crippen LogP contribution is 2.14. The Morgan fingerprint density at radius 3 is 3.06 bits per heavy atom. The number of carbonyl (C=O) groups excluding carboxylic acids is 1. The summed E-state index contributed by atoms with van der Waals surface area (Å²) in [7, 11) is 0. The van der Waals surface area contributed by atoms with E-state index in [1.54, 1.807) is 5.38 Å². The molecule has 18 heavy (non-hydrogen) atoms. The van der Waals surface area contributed by atoms with Crippen molar-refractivity contribution in [1.82, 2.24) is 14.7 Å². The Kier molecular flexibility index (Phi) is 3.30. The van der Waals surface area contributed by atoms with Gasteiger partial charge in [-0.25, -0.2) is 0 Å². The lowest BCUT2D eigenvalue weighted by Crippen LogP contribution is -2.35. The van der Waals surface area contributed by atoms with Gasteiger partial charge in [0.05, 0.1) is 6.10 Å². The van der Waals surface area contributed by atoms with E-state index in [9.17, 15) is 14.7 Å². The molecule has 2 rings (SSSR count). The number of hydrogen-bond acceptors (Lipinski definition) is 6. The quantitative estimate of drug-likeness (QED) is 0.701. The monoisotopic (exact) mass is 269 g/mol. The molecule has 8 heteroatoms. The molecule has 0 radical (unpaired) electrons. The highest BCUT2D eigenvalue weighted by molar-refractivity contribution is 7.15. The van der Waals surface area contributed by atoms with Gasteiger partial charge in [-0.3, -0.25) is 14.0 Å². The highest BCUT2D eigenvalue weighted by atomic mass is 32.1. The summed E-state index contributed by atoms with van der Waals surface area (Å²) in [4.78, 5) is 27.7. The number of thiazole rings is 1. The SMILES string of the molecule is C[C@@H](O)CNC(=O)c1c(O)nc2sccn2c1=O. The van der Waals surface area contributed by atoms with Crippen molar-refractivity contribution in [2.75, 3.05) is 6.54 Å². The zero-order chi connectivity index (χ0) is 13.3. The van der Waals surface area contributed by atoms with E-state index in [2.05, 4.69) is 10.3 Å². The second kappa shape index (κ2) is 4.75. The molecule has 1 amide bonds. The van der Waals surface area contributed by atoms with Crippen LogP contribution in [0.4, 0.5) is 0 Å². The lowest BCUT2D eigenvalue weighted by molar-refractivity contribution is 0.0919. The first-order valence-electron chi connectivity index (χ1n) is 5.15. The number of fused-ring (bicyclic) bond motifs is 1. The van der Waals surface area contributed by atoms with Gasteiger partial charge in [0.2, 0.25) is 5.88 Å². The molecule has 0 bridgehead atoms. The number of nitrogens with one attached hydrogen (secondary N) is 1. The maximum Gasteiger partial charge on any atom is 0.275 e. The summed E-state index contributed by atoms with van der Waals surface area (Å²) in [6, 6.07) is 0. The van der Waals surface area contributed by atoms with Crippen LogP contribution in [-0.4, -0.2) is 38.2 Å². The largest absolute Gasteiger partial charge is 0.492 e. The number of aliphatic hydroxyl groups is 1. The first-order chi connectivity index (χ1) is 8.50. The van der Waals surface area contributed by atoms with Crippen molar-refractivity contribution in [2.45, 2.75) is 13.0 Å². The van der Waals surface area contributed by atoms with Crippen LogP contribution in [-0.2, 0) is 0 Å². The molecular formula is C10H11N3O4S. The first-order valence-corrected chi connectivity index (χ1v) is 6.03. The lowest BCUT2D eigenvalue weighted by atomic mass is 10.3. The maximum absolute atomic E-state index is 11.9. The standard InChI is InChI=1S/C10H11N3O4S/c1-5(14)4-11-7(15)6-8(16)12-10-13(9(6)17)2-3-18-10/h2-3,5,14,16H,4H2,1H3,(H,11,15)/t5-/m1/s1. The number of nitrogens with zero attached hydrogens (tertiary/aromatic N) is 2. The fraction of sp³-hybridized carbons (Fsp3) is 0.300. The second-order valence-corrected chi connectivity index (χ2v) is 4.60. The Labute approximate surface area is 105 Å². The number of rotatable bonds is 3. The average molecular weight is 269 g/mol. The van der Waals surface area contributed by atoms with Gasteiger partial charge in [-0.05, 0) is 6.92 Å². The van der Waals surface area contributed by atoms with E-state index in [0.717, 1.165) is 0 Å². The Morgan fingerprint density at radius 2 is 2.39 bits per heavy atom. The minimum absolute atomic E-state index is 0.00987. The van der Waals surface area contributed by atoms with Gasteiger partial charge in [0.25, 0.3) is 11.5 Å². The van der Waals surface area contributed by atoms with Crippen LogP contribution in [0.25, 0.3) is 4.96 Å². The van der Waals surface area contributed by atoms with E-state index in [4.69, 9.17) is 5.11 Å². The molecule has 0 saturated heterocycles. The topological polar surface area (TPSA) is 104 Å². The average Bonchev–Trinajstić information content (AvgIpc) is 2.74. The molecular weight excluding hydrogens is 258 g/mol. The molecule has 0 aliphatic rings. The highest BCUT2D eigenvalue weighted by Gasteiger charge is 2.20. The normalized spacial score (nSPS) is 12.6. The van der Waals surface area contributed by atoms with Crippen LogP contribution in [0.2, 0.25) is 0 Å². The van der Waals surface area contributed by atoms with Gasteiger partial charge in [0, 0.05) is 18.1 Å². The Hall–Kier alpha value is -1.93. The Morgan fingerprint density at radius 1 is 1.67 bits per heavy atom. The fourth-order valence-corrected chi connectivity index (χ4v) is 2.10. The van der Waals surface area contributed by atoms with Gasteiger partial charge >= 0.3 is 0 Å². The molecule has 0 aromatic carbocycles. The van der Waals surface area contributed by atoms with E-state index in [-0.39, 0.29) is 6.54 Å². The van der Waals surface area contributed by atoms with E-state index in [1.165, 1.54) is 28.9 Å². The molecule has 0 saturated carbocycles. The van der Waals surface area contributed by atoms with Gasteiger partial charge in [0.15, 0.2) is 10.5 Å². The van der Waals surface area contributed by atoms with Crippen LogP contribution in [0.5, 0.6) is 5.88 Å². The zero-order valence-electron chi connectivity index (χ0n) is 9.45. The molecule has 96 valence electrons. The molecule has 0 unspecified atom stereocenters. The molecule has 2 heterocycles. The molecule has 7 nitrogen and oxygen atoms in total. The molecule has 2 aromatic heterocycles. The van der Waals surface area contributed by atoms with Crippen LogP contribution in [0.15, 0.2) is 16.4 Å². The van der Waals surface area contributed by atoms with Crippen LogP contribution >= 0.6 is 11.3 Å².